The summed E-state index contributed by atoms with van der Waals surface area (Å²) in [5, 5.41) is 2.51. The zero-order valence-electron chi connectivity index (χ0n) is 22.1. The van der Waals surface area contributed by atoms with Gasteiger partial charge in [-0.1, -0.05) is 74.5 Å². The molecular formula is C31H34ClN3O2S. The first-order valence-corrected chi connectivity index (χ1v) is 15.2. The maximum atomic E-state index is 13.5. The van der Waals surface area contributed by atoms with Gasteiger partial charge in [0.2, 0.25) is 0 Å². The zero-order valence-corrected chi connectivity index (χ0v) is 23.7. The third-order valence-corrected chi connectivity index (χ3v) is 10.4. The summed E-state index contributed by atoms with van der Waals surface area (Å²) < 4.78 is 27.1. The van der Waals surface area contributed by atoms with Crippen molar-refractivity contribution in [2.45, 2.75) is 57.0 Å². The predicted molar refractivity (Wildman–Crippen MR) is 161 cm³/mol. The number of aromatic amines is 1. The van der Waals surface area contributed by atoms with Gasteiger partial charge in [0.15, 0.2) is 9.84 Å². The molecule has 1 aliphatic heterocycles. The number of aromatic nitrogens is 1. The molecule has 0 bridgehead atoms. The highest BCUT2D eigenvalue weighted by atomic mass is 35.5. The monoisotopic (exact) mass is 547 g/mol. The van der Waals surface area contributed by atoms with Crippen LogP contribution in [0.3, 0.4) is 0 Å². The van der Waals surface area contributed by atoms with E-state index >= 15 is 0 Å². The van der Waals surface area contributed by atoms with Crippen LogP contribution in [0.5, 0.6) is 0 Å². The van der Waals surface area contributed by atoms with Crippen molar-refractivity contribution in [2.24, 2.45) is 21.8 Å². The van der Waals surface area contributed by atoms with Gasteiger partial charge >= 0.3 is 0 Å². The minimum atomic E-state index is -3.37. The molecule has 1 aromatic carbocycles. The molecule has 1 fully saturated rings. The van der Waals surface area contributed by atoms with E-state index in [1.807, 2.05) is 55.5 Å². The lowest BCUT2D eigenvalue weighted by Gasteiger charge is -2.10. The largest absolute Gasteiger partial charge is 0.354 e. The van der Waals surface area contributed by atoms with Gasteiger partial charge in [0, 0.05) is 32.4 Å². The Kier molecular flexibility index (Phi) is 7.47. The molecule has 0 amide bonds. The molecule has 2 heterocycles. The number of benzene rings is 1. The van der Waals surface area contributed by atoms with Gasteiger partial charge in [-0.05, 0) is 62.7 Å². The van der Waals surface area contributed by atoms with Gasteiger partial charge < -0.3 is 4.98 Å². The third kappa shape index (κ3) is 5.43. The van der Waals surface area contributed by atoms with E-state index < -0.39 is 15.1 Å². The number of hydrogen-bond donors (Lipinski definition) is 1. The maximum absolute atomic E-state index is 13.5. The molecule has 3 unspecified atom stereocenters. The fourth-order valence-electron chi connectivity index (χ4n) is 5.23. The van der Waals surface area contributed by atoms with E-state index in [9.17, 15) is 8.42 Å². The lowest BCUT2D eigenvalue weighted by Crippen LogP contribution is -2.26. The Hall–Kier alpha value is -2.96. The average molecular weight is 548 g/mol. The Labute approximate surface area is 229 Å². The van der Waals surface area contributed by atoms with Crippen LogP contribution < -0.4 is 10.6 Å². The fraction of sp³-hybridized carbons (Fsp3) is 0.355. The lowest BCUT2D eigenvalue weighted by atomic mass is 10.1. The number of rotatable bonds is 4. The van der Waals surface area contributed by atoms with Gasteiger partial charge in [0.1, 0.15) is 5.82 Å². The van der Waals surface area contributed by atoms with Gasteiger partial charge in [0.05, 0.1) is 21.6 Å². The number of para-hydroxylation sites is 1. The van der Waals surface area contributed by atoms with E-state index in [0.717, 1.165) is 57.1 Å². The molecule has 3 aliphatic rings. The van der Waals surface area contributed by atoms with Gasteiger partial charge in [-0.2, -0.15) is 0 Å². The van der Waals surface area contributed by atoms with Crippen molar-refractivity contribution in [1.29, 1.82) is 0 Å². The molecule has 198 valence electrons. The molecule has 1 saturated carbocycles. The first kappa shape index (κ1) is 26.6. The van der Waals surface area contributed by atoms with Gasteiger partial charge in [0.25, 0.3) is 0 Å². The molecule has 5 nitrogen and oxygen atoms in total. The molecule has 1 aromatic heterocycles. The molecular weight excluding hydrogens is 514 g/mol. The van der Waals surface area contributed by atoms with E-state index in [1.54, 1.807) is 12.2 Å². The summed E-state index contributed by atoms with van der Waals surface area (Å²) in [4.78, 5) is 13.2. The summed E-state index contributed by atoms with van der Waals surface area (Å²) in [5.74, 6) is 1.16. The predicted octanol–water partition coefficient (Wildman–Crippen LogP) is 5.73. The molecule has 1 N–H and O–H groups in total. The van der Waals surface area contributed by atoms with E-state index in [1.165, 1.54) is 0 Å². The Bertz CT molecular complexity index is 1670. The highest BCUT2D eigenvalue weighted by molar-refractivity contribution is 7.93. The summed E-state index contributed by atoms with van der Waals surface area (Å²) in [6.45, 7) is 10.5. The molecule has 2 aromatic rings. The summed E-state index contributed by atoms with van der Waals surface area (Å²) >= 11 is 6.32. The van der Waals surface area contributed by atoms with E-state index in [2.05, 4.69) is 25.4 Å². The van der Waals surface area contributed by atoms with Gasteiger partial charge in [-0.3, -0.25) is 0 Å². The molecule has 0 radical (unpaired) electrons. The van der Waals surface area contributed by atoms with Crippen LogP contribution in [0.2, 0.25) is 0 Å². The van der Waals surface area contributed by atoms with Gasteiger partial charge in [-0.25, -0.2) is 18.4 Å². The van der Waals surface area contributed by atoms with Crippen molar-refractivity contribution < 1.29 is 8.42 Å². The van der Waals surface area contributed by atoms with Crippen molar-refractivity contribution in [3.05, 3.63) is 82.1 Å². The summed E-state index contributed by atoms with van der Waals surface area (Å²) in [6, 6.07) is 8.01. The third-order valence-electron chi connectivity index (χ3n) is 7.60. The fourth-order valence-corrected chi connectivity index (χ4v) is 7.71. The topological polar surface area (TPSA) is 74.7 Å². The van der Waals surface area contributed by atoms with Crippen molar-refractivity contribution in [2.75, 3.05) is 0 Å². The first-order chi connectivity index (χ1) is 18.1. The average Bonchev–Trinajstić information content (AvgIpc) is 3.66. The Morgan fingerprint density at radius 2 is 1.89 bits per heavy atom. The summed E-state index contributed by atoms with van der Waals surface area (Å²) in [7, 11) is -3.37. The summed E-state index contributed by atoms with van der Waals surface area (Å²) in [6.07, 6.45) is 14.1. The minimum Gasteiger partial charge on any atom is -0.354 e. The SMILES string of the molecule is C=c1\c(=C2/C=CC(S(=O)(=O)C3CC3C(C)C)C=C/C2=N/C2=C/CC=C(Cl)CCC(C)=N2)[nH]c2ccccc12. The standard InChI is InChI=1S/C31H34ClN3O2S/c1-19(2)26-18-29(26)38(36,37)23-14-16-25(31-21(4)24-9-5-6-10-27(24)35-31)28(17-15-23)34-30-11-7-8-22(32)13-12-20(3)33-30/h5-6,8-11,14-17,19,23,26,29,35H,4,7,12-13,18H2,1-3H3/b22-8?,30-11+,31-25-,33-20?,34-28-. The number of sulfone groups is 1. The molecule has 7 heteroatoms. The van der Waals surface area contributed by atoms with Crippen LogP contribution in [-0.4, -0.2) is 35.3 Å². The first-order valence-electron chi connectivity index (χ1n) is 13.2. The molecule has 5 rings (SSSR count). The van der Waals surface area contributed by atoms with Crippen LogP contribution in [0.15, 0.2) is 81.6 Å². The molecule has 3 atom stereocenters. The van der Waals surface area contributed by atoms with Crippen LogP contribution >= 0.6 is 11.6 Å². The lowest BCUT2D eigenvalue weighted by molar-refractivity contribution is 0.548. The Morgan fingerprint density at radius 1 is 1.13 bits per heavy atom. The van der Waals surface area contributed by atoms with Crippen molar-refractivity contribution in [3.8, 4) is 0 Å². The van der Waals surface area contributed by atoms with Crippen molar-refractivity contribution in [3.63, 3.8) is 0 Å². The van der Waals surface area contributed by atoms with Gasteiger partial charge in [-0.15, -0.1) is 0 Å². The number of nitrogens with zero attached hydrogens (tertiary/aromatic N) is 2. The number of H-pyrrole nitrogens is 1. The summed E-state index contributed by atoms with van der Waals surface area (Å²) in [5.41, 5.74) is 3.35. The molecule has 38 heavy (non-hydrogen) atoms. The second-order valence-electron chi connectivity index (χ2n) is 10.7. The zero-order chi connectivity index (χ0) is 27.0. The number of nitrogens with one attached hydrogen (secondary N) is 1. The number of hydrogen-bond acceptors (Lipinski definition) is 4. The number of aliphatic imine (C=N–C) groups is 2. The highest BCUT2D eigenvalue weighted by Gasteiger charge is 2.50. The Balaban J connectivity index is 1.67. The minimum absolute atomic E-state index is 0.225. The van der Waals surface area contributed by atoms with E-state index in [0.29, 0.717) is 23.9 Å². The highest BCUT2D eigenvalue weighted by Crippen LogP contribution is 2.44. The number of fused-ring (bicyclic) bond motifs is 1. The molecule has 2 aliphatic carbocycles. The number of halogens is 1. The van der Waals surface area contributed by atoms with Crippen molar-refractivity contribution in [1.82, 2.24) is 4.98 Å². The van der Waals surface area contributed by atoms with Crippen molar-refractivity contribution >= 4 is 55.9 Å². The molecule has 0 saturated heterocycles. The van der Waals surface area contributed by atoms with Crippen LogP contribution in [0.4, 0.5) is 0 Å². The molecule has 0 spiro atoms. The number of allylic oxidation sites excluding steroid dienone is 5. The van der Waals surface area contributed by atoms with E-state index in [4.69, 9.17) is 21.6 Å². The quantitative estimate of drug-likeness (QED) is 0.530. The van der Waals surface area contributed by atoms with Crippen LogP contribution in [-0.2, 0) is 9.84 Å². The van der Waals surface area contributed by atoms with Crippen LogP contribution in [0.25, 0.3) is 23.1 Å². The second-order valence-corrected chi connectivity index (χ2v) is 13.5. The smallest absolute Gasteiger partial charge is 0.163 e. The second kappa shape index (κ2) is 10.7. The maximum Gasteiger partial charge on any atom is 0.163 e. The normalized spacial score (nSPS) is 28.3. The Morgan fingerprint density at radius 3 is 2.63 bits per heavy atom. The van der Waals surface area contributed by atoms with Crippen LogP contribution in [0.1, 0.15) is 46.5 Å². The van der Waals surface area contributed by atoms with Crippen LogP contribution in [0, 0.1) is 11.8 Å². The van der Waals surface area contributed by atoms with E-state index in [-0.39, 0.29) is 11.2 Å².